The van der Waals surface area contributed by atoms with Gasteiger partial charge in [0, 0.05) is 12.7 Å². The third kappa shape index (κ3) is 6.26. The maximum absolute atomic E-state index is 12.9. The van der Waals surface area contributed by atoms with Crippen molar-refractivity contribution < 1.29 is 57.5 Å². The Hall–Kier alpha value is -0.240. The Balaban J connectivity index is 0.00000216. The number of rotatable bonds is 7. The van der Waals surface area contributed by atoms with E-state index in [1.54, 1.807) is 20.3 Å². The number of benzene rings is 1. The number of ether oxygens (including phenoxy) is 2. The first-order chi connectivity index (χ1) is 15.9. The Morgan fingerprint density at radius 3 is 1.86 bits per heavy atom. The average Bonchev–Trinajstić information content (AvgIpc) is 2.84. The Kier molecular flexibility index (Phi) is 12.0. The van der Waals surface area contributed by atoms with Gasteiger partial charge in [-0.15, -0.1) is 0 Å². The Bertz CT molecular complexity index is 953. The van der Waals surface area contributed by atoms with Crippen LogP contribution >= 0.6 is 7.92 Å². The van der Waals surface area contributed by atoms with Crippen molar-refractivity contribution in [1.82, 2.24) is 0 Å². The quantitative estimate of drug-likeness (QED) is 0.304. The van der Waals surface area contributed by atoms with E-state index in [9.17, 15) is 13.0 Å². The zero-order chi connectivity index (χ0) is 23.5. The molecule has 6 nitrogen and oxygen atoms in total. The van der Waals surface area contributed by atoms with Gasteiger partial charge in [-0.05, 0) is 48.6 Å². The fraction of sp³-hybridized carbons (Fsp3) is 0.615. The van der Waals surface area contributed by atoms with Crippen LogP contribution in [0.5, 0.6) is 0 Å². The van der Waals surface area contributed by atoms with Crippen molar-refractivity contribution in [2.24, 2.45) is 0 Å². The number of hydrogen-bond acceptors (Lipinski definition) is 5. The standard InChI is InChI=1S/C26H37O5PS.Na.H2O/c1-30-23-18-19-24(33(27,28)29)26(31-2,25(23)20-12-6-3-7-13-20)32(21-14-8-4-9-15-21)22-16-10-5-11-17-22;;/h3,6-7,12-13,18-19,21-22,24H,4-5,8-11,14-17H2,1-2H3,(H,27,28,29);;1H2/q;+1;/p-1. The van der Waals surface area contributed by atoms with E-state index in [1.807, 2.05) is 30.3 Å². The van der Waals surface area contributed by atoms with Crippen LogP contribution in [-0.2, 0) is 19.6 Å². The molecule has 3 aliphatic rings. The first kappa shape index (κ1) is 31.0. The summed E-state index contributed by atoms with van der Waals surface area (Å²) in [6, 6.07) is 9.78. The molecule has 1 aromatic rings. The molecule has 2 saturated carbocycles. The van der Waals surface area contributed by atoms with Gasteiger partial charge in [-0.3, -0.25) is 0 Å². The smallest absolute Gasteiger partial charge is 0.747 e. The molecule has 0 heterocycles. The second kappa shape index (κ2) is 13.5. The Morgan fingerprint density at radius 2 is 1.43 bits per heavy atom. The topological polar surface area (TPSA) is 107 Å². The molecule has 0 aliphatic heterocycles. The molecule has 9 heteroatoms. The van der Waals surface area contributed by atoms with Crippen LogP contribution in [0.25, 0.3) is 5.57 Å². The Labute approximate surface area is 234 Å². The van der Waals surface area contributed by atoms with Crippen LogP contribution in [0.4, 0.5) is 0 Å². The fourth-order valence-electron chi connectivity index (χ4n) is 6.28. The van der Waals surface area contributed by atoms with Gasteiger partial charge in [0.2, 0.25) is 0 Å². The third-order valence-corrected chi connectivity index (χ3v) is 13.0. The minimum Gasteiger partial charge on any atom is -0.747 e. The zero-order valence-electron chi connectivity index (χ0n) is 21.2. The van der Waals surface area contributed by atoms with E-state index in [0.717, 1.165) is 62.5 Å². The van der Waals surface area contributed by atoms with Crippen LogP contribution in [-0.4, -0.2) is 54.6 Å². The molecular formula is C26H38NaO6PS. The van der Waals surface area contributed by atoms with E-state index >= 15 is 0 Å². The number of methoxy groups -OCH3 is 2. The van der Waals surface area contributed by atoms with E-state index in [-0.39, 0.29) is 35.0 Å². The van der Waals surface area contributed by atoms with Gasteiger partial charge < -0.3 is 19.5 Å². The van der Waals surface area contributed by atoms with Crippen molar-refractivity contribution in [3.8, 4) is 0 Å². The summed E-state index contributed by atoms with van der Waals surface area (Å²) >= 11 is 0. The maximum atomic E-state index is 12.9. The zero-order valence-corrected chi connectivity index (χ0v) is 25.0. The van der Waals surface area contributed by atoms with Gasteiger partial charge in [-0.2, -0.15) is 0 Å². The summed E-state index contributed by atoms with van der Waals surface area (Å²) in [4.78, 5) is 0. The summed E-state index contributed by atoms with van der Waals surface area (Å²) in [7, 11) is -2.45. The second-order valence-corrected chi connectivity index (χ2v) is 13.9. The van der Waals surface area contributed by atoms with Crippen LogP contribution < -0.4 is 29.6 Å². The van der Waals surface area contributed by atoms with E-state index < -0.39 is 28.6 Å². The van der Waals surface area contributed by atoms with Crippen LogP contribution in [0, 0.1) is 0 Å². The average molecular weight is 533 g/mol. The first-order valence-corrected chi connectivity index (χ1v) is 15.2. The third-order valence-electron chi connectivity index (χ3n) is 7.64. The molecular weight excluding hydrogens is 494 g/mol. The molecule has 3 aliphatic carbocycles. The summed E-state index contributed by atoms with van der Waals surface area (Å²) < 4.78 is 50.9. The van der Waals surface area contributed by atoms with Crippen LogP contribution in [0.3, 0.4) is 0 Å². The minimum absolute atomic E-state index is 0. The number of hydrogen-bond donors (Lipinski definition) is 0. The molecule has 4 rings (SSSR count). The predicted molar refractivity (Wildman–Crippen MR) is 137 cm³/mol. The molecule has 0 bridgehead atoms. The molecule has 0 spiro atoms. The SMILES string of the molecule is COC1=C(c2ccccc2)C(OC)(P(C2CCCCC2)C2CCCCC2)C(S(=O)(=O)[O-])C=C1.O.[Na+]. The second-order valence-electron chi connectivity index (χ2n) is 9.47. The van der Waals surface area contributed by atoms with Gasteiger partial charge in [0.25, 0.3) is 0 Å². The molecule has 2 N–H and O–H groups in total. The molecule has 0 aromatic heterocycles. The molecule has 1 aromatic carbocycles. The van der Waals surface area contributed by atoms with Crippen molar-refractivity contribution >= 4 is 23.6 Å². The largest absolute Gasteiger partial charge is 1.00 e. The summed E-state index contributed by atoms with van der Waals surface area (Å²) in [5.74, 6) is 0.599. The fourth-order valence-corrected chi connectivity index (χ4v) is 12.5. The van der Waals surface area contributed by atoms with Gasteiger partial charge >= 0.3 is 29.6 Å². The minimum atomic E-state index is -4.68. The summed E-state index contributed by atoms with van der Waals surface area (Å²) in [6.45, 7) is 0. The van der Waals surface area contributed by atoms with Gasteiger partial charge in [-0.25, -0.2) is 8.42 Å². The number of allylic oxidation sites excluding steroid dienone is 1. The van der Waals surface area contributed by atoms with Crippen molar-refractivity contribution in [3.05, 3.63) is 53.8 Å². The van der Waals surface area contributed by atoms with E-state index in [0.29, 0.717) is 17.1 Å². The molecule has 2 fully saturated rings. The van der Waals surface area contributed by atoms with Crippen molar-refractivity contribution in [1.29, 1.82) is 0 Å². The molecule has 2 atom stereocenters. The van der Waals surface area contributed by atoms with E-state index in [1.165, 1.54) is 18.9 Å². The monoisotopic (exact) mass is 532 g/mol. The molecule has 0 saturated heterocycles. The predicted octanol–water partition coefficient (Wildman–Crippen LogP) is 2.20. The van der Waals surface area contributed by atoms with Crippen molar-refractivity contribution in [2.45, 2.75) is 86.1 Å². The van der Waals surface area contributed by atoms with Crippen LogP contribution in [0.2, 0.25) is 0 Å². The van der Waals surface area contributed by atoms with E-state index in [4.69, 9.17) is 9.47 Å². The summed E-state index contributed by atoms with van der Waals surface area (Å²) in [5, 5.41) is -2.49. The first-order valence-electron chi connectivity index (χ1n) is 12.2. The molecule has 0 radical (unpaired) electrons. The van der Waals surface area contributed by atoms with Gasteiger partial charge in [0.1, 0.15) is 26.5 Å². The molecule has 0 amide bonds. The summed E-state index contributed by atoms with van der Waals surface area (Å²) in [6.07, 6.45) is 14.6. The van der Waals surface area contributed by atoms with Crippen molar-refractivity contribution in [2.75, 3.05) is 14.2 Å². The molecule has 35 heavy (non-hydrogen) atoms. The van der Waals surface area contributed by atoms with Crippen LogP contribution in [0.15, 0.2) is 48.2 Å². The van der Waals surface area contributed by atoms with Crippen LogP contribution in [0.1, 0.15) is 69.8 Å². The summed E-state index contributed by atoms with van der Waals surface area (Å²) in [5.41, 5.74) is 2.37. The normalized spacial score (nSPS) is 26.2. The van der Waals surface area contributed by atoms with Gasteiger partial charge in [0.15, 0.2) is 0 Å². The van der Waals surface area contributed by atoms with Gasteiger partial charge in [0.05, 0.1) is 7.11 Å². The van der Waals surface area contributed by atoms with E-state index in [2.05, 4.69) is 0 Å². The van der Waals surface area contributed by atoms with Crippen molar-refractivity contribution in [3.63, 3.8) is 0 Å². The Morgan fingerprint density at radius 1 is 0.914 bits per heavy atom. The maximum Gasteiger partial charge on any atom is 1.00 e. The molecule has 2 unspecified atom stereocenters. The molecule has 190 valence electrons. The van der Waals surface area contributed by atoms with Gasteiger partial charge in [-0.1, -0.05) is 82.9 Å².